The fraction of sp³-hybridized carbons (Fsp3) is 0.353. The van der Waals surface area contributed by atoms with Crippen molar-refractivity contribution in [3.63, 3.8) is 0 Å². The summed E-state index contributed by atoms with van der Waals surface area (Å²) in [6, 6.07) is 17.4. The van der Waals surface area contributed by atoms with Crippen LogP contribution >= 0.6 is 0 Å². The van der Waals surface area contributed by atoms with Gasteiger partial charge in [-0.05, 0) is 69.3 Å². The Labute approximate surface area is 291 Å². The Morgan fingerprint density at radius 1 is 0.940 bits per heavy atom. The van der Waals surface area contributed by atoms with Crippen LogP contribution in [0.1, 0.15) is 38.7 Å². The number of benzene rings is 2. The highest BCUT2D eigenvalue weighted by molar-refractivity contribution is 7.89. The number of azo groups is 1. The molecule has 0 saturated carbocycles. The molecule has 50 heavy (non-hydrogen) atoms. The van der Waals surface area contributed by atoms with Crippen molar-refractivity contribution in [1.29, 1.82) is 0 Å². The number of nitrogens with zero attached hydrogens (tertiary/aromatic N) is 8. The third-order valence-corrected chi connectivity index (χ3v) is 9.99. The number of hydrogen-bond donors (Lipinski definition) is 3. The van der Waals surface area contributed by atoms with Crippen molar-refractivity contribution < 1.29 is 13.2 Å². The third-order valence-electron chi connectivity index (χ3n) is 8.09. The van der Waals surface area contributed by atoms with E-state index in [0.29, 0.717) is 79.1 Å². The lowest BCUT2D eigenvalue weighted by molar-refractivity contribution is 0.196. The highest BCUT2D eigenvalue weighted by Gasteiger charge is 2.29. The summed E-state index contributed by atoms with van der Waals surface area (Å²) in [6.07, 6.45) is 1.52. The van der Waals surface area contributed by atoms with Crippen molar-refractivity contribution in [2.24, 2.45) is 10.2 Å². The minimum Gasteiger partial charge on any atom is -0.493 e. The Hall–Kier alpha value is -5.19. The summed E-state index contributed by atoms with van der Waals surface area (Å²) in [4.78, 5) is 26.5. The van der Waals surface area contributed by atoms with E-state index in [2.05, 4.69) is 42.1 Å². The normalized spacial score (nSPS) is 14.2. The molecule has 5 aromatic rings. The summed E-state index contributed by atoms with van der Waals surface area (Å²) >= 11 is 0. The van der Waals surface area contributed by atoms with Gasteiger partial charge in [0.15, 0.2) is 17.2 Å². The number of pyridine rings is 1. The van der Waals surface area contributed by atoms with Gasteiger partial charge in [0.2, 0.25) is 10.0 Å². The molecule has 16 heteroatoms. The minimum atomic E-state index is -3.71. The molecule has 0 atom stereocenters. The number of fused-ring (bicyclic) bond motifs is 1. The number of piperazine rings is 1. The number of sulfonamides is 1. The number of aryl methyl sites for hydroxylation is 2. The van der Waals surface area contributed by atoms with Gasteiger partial charge in [0, 0.05) is 32.6 Å². The quantitative estimate of drug-likeness (QED) is 0.171. The number of nitrogens with two attached hydrogens (primary N) is 2. The smallest absolute Gasteiger partial charge is 0.277 e. The number of rotatable bonds is 10. The summed E-state index contributed by atoms with van der Waals surface area (Å²) in [7, 11) is -3.71. The number of likely N-dealkylation sites (N-methyl/N-ethyl adjacent to an activating group) is 1. The number of ether oxygens (including phenoxy) is 1. The second-order valence-electron chi connectivity index (χ2n) is 11.5. The summed E-state index contributed by atoms with van der Waals surface area (Å²) < 4.78 is 35.7. The first-order valence-corrected chi connectivity index (χ1v) is 18.0. The molecule has 264 valence electrons. The molecule has 0 radical (unpaired) electrons. The van der Waals surface area contributed by atoms with E-state index in [1.165, 1.54) is 4.31 Å². The Balaban J connectivity index is 0.000000253. The third kappa shape index (κ3) is 8.15. The molecular formula is C34H43N11O4S. The monoisotopic (exact) mass is 701 g/mol. The van der Waals surface area contributed by atoms with Crippen molar-refractivity contribution >= 4 is 38.6 Å². The summed E-state index contributed by atoms with van der Waals surface area (Å²) in [5.41, 5.74) is 13.5. The number of anilines is 2. The first kappa shape index (κ1) is 36.1. The summed E-state index contributed by atoms with van der Waals surface area (Å²) in [5.74, 6) is 2.03. The maximum atomic E-state index is 13.4. The number of aromatic amines is 1. The van der Waals surface area contributed by atoms with E-state index in [0.717, 1.165) is 18.7 Å². The van der Waals surface area contributed by atoms with Crippen molar-refractivity contribution in [1.82, 2.24) is 33.8 Å². The van der Waals surface area contributed by atoms with Gasteiger partial charge < -0.3 is 26.1 Å². The SMILES string of the molecule is CCCc1nc(C)c2c(=O)[nH]c(-c3cc(S(=O)(=O)N4CCN(CC)CC4)ccc3OCC)nn12.Nc1ccc(N=Nc2ccccc2)c(N)n1. The predicted octanol–water partition coefficient (Wildman–Crippen LogP) is 4.73. The lowest BCUT2D eigenvalue weighted by Crippen LogP contribution is -2.48. The molecule has 2 aromatic carbocycles. The number of imidazole rings is 1. The Morgan fingerprint density at radius 2 is 1.68 bits per heavy atom. The lowest BCUT2D eigenvalue weighted by Gasteiger charge is -2.33. The molecule has 15 nitrogen and oxygen atoms in total. The fourth-order valence-electron chi connectivity index (χ4n) is 5.49. The number of hydrogen-bond acceptors (Lipinski definition) is 12. The van der Waals surface area contributed by atoms with Gasteiger partial charge in [0.05, 0.1) is 28.4 Å². The first-order chi connectivity index (χ1) is 24.0. The van der Waals surface area contributed by atoms with Crippen LogP contribution < -0.4 is 21.8 Å². The molecule has 5 N–H and O–H groups in total. The largest absolute Gasteiger partial charge is 0.493 e. The van der Waals surface area contributed by atoms with Gasteiger partial charge in [0.1, 0.15) is 23.1 Å². The molecule has 1 fully saturated rings. The summed E-state index contributed by atoms with van der Waals surface area (Å²) in [5, 5.41) is 12.7. The molecular weight excluding hydrogens is 659 g/mol. The van der Waals surface area contributed by atoms with Crippen LogP contribution in [-0.2, 0) is 16.4 Å². The van der Waals surface area contributed by atoms with Gasteiger partial charge in [-0.1, -0.05) is 32.0 Å². The fourth-order valence-corrected chi connectivity index (χ4v) is 6.94. The van der Waals surface area contributed by atoms with Gasteiger partial charge in [-0.25, -0.2) is 22.9 Å². The van der Waals surface area contributed by atoms with Gasteiger partial charge in [-0.15, -0.1) is 10.2 Å². The van der Waals surface area contributed by atoms with Crippen LogP contribution in [0.15, 0.2) is 80.6 Å². The van der Waals surface area contributed by atoms with E-state index in [9.17, 15) is 13.2 Å². The van der Waals surface area contributed by atoms with Crippen LogP contribution in [0.5, 0.6) is 5.75 Å². The van der Waals surface area contributed by atoms with Gasteiger partial charge >= 0.3 is 0 Å². The standard InChI is InChI=1S/C23H32N6O4S.C11H11N5/c1-5-8-20-24-16(4)21-23(30)25-22(26-29(20)21)18-15-17(9-10-19(18)33-7-3)34(31,32)28-13-11-27(6-2)12-14-28;12-10-7-6-9(11(13)14-10)16-15-8-4-2-1-3-5-8/h9-10,15H,5-8,11-14H2,1-4H3,(H,25,26,30);1-7H,(H4,12,13,14). The van der Waals surface area contributed by atoms with E-state index in [4.69, 9.17) is 16.2 Å². The highest BCUT2D eigenvalue weighted by atomic mass is 32.2. The minimum absolute atomic E-state index is 0.147. The Bertz CT molecular complexity index is 2120. The van der Waals surface area contributed by atoms with E-state index < -0.39 is 10.0 Å². The van der Waals surface area contributed by atoms with Crippen LogP contribution in [0, 0.1) is 6.92 Å². The van der Waals surface area contributed by atoms with Crippen molar-refractivity contribution in [3.05, 3.63) is 82.5 Å². The number of H-pyrrole nitrogens is 1. The van der Waals surface area contributed by atoms with Crippen LogP contribution in [0.4, 0.5) is 23.0 Å². The molecule has 3 aromatic heterocycles. The molecule has 4 heterocycles. The molecule has 0 amide bonds. The molecule has 1 aliphatic heterocycles. The first-order valence-electron chi connectivity index (χ1n) is 16.5. The maximum absolute atomic E-state index is 13.4. The van der Waals surface area contributed by atoms with Crippen LogP contribution in [0.3, 0.4) is 0 Å². The molecule has 0 aliphatic carbocycles. The van der Waals surface area contributed by atoms with E-state index in [1.54, 1.807) is 41.8 Å². The van der Waals surface area contributed by atoms with Gasteiger partial charge in [0.25, 0.3) is 5.56 Å². The molecule has 0 bridgehead atoms. The number of aromatic nitrogens is 5. The zero-order valence-corrected chi connectivity index (χ0v) is 29.5. The Morgan fingerprint density at radius 3 is 2.34 bits per heavy atom. The maximum Gasteiger partial charge on any atom is 0.277 e. The molecule has 6 rings (SSSR count). The van der Waals surface area contributed by atoms with E-state index >= 15 is 0 Å². The highest BCUT2D eigenvalue weighted by Crippen LogP contribution is 2.32. The molecule has 1 saturated heterocycles. The van der Waals surface area contributed by atoms with Gasteiger partial charge in [-0.2, -0.15) is 9.42 Å². The summed E-state index contributed by atoms with van der Waals surface area (Å²) in [6.45, 7) is 11.3. The van der Waals surface area contributed by atoms with Crippen LogP contribution in [-0.4, -0.2) is 81.5 Å². The molecule has 0 unspecified atom stereocenters. The van der Waals surface area contributed by atoms with Crippen LogP contribution in [0.25, 0.3) is 16.9 Å². The van der Waals surface area contributed by atoms with E-state index in [-0.39, 0.29) is 22.1 Å². The second kappa shape index (κ2) is 16.0. The van der Waals surface area contributed by atoms with Crippen molar-refractivity contribution in [2.75, 3.05) is 50.8 Å². The zero-order valence-electron chi connectivity index (χ0n) is 28.7. The van der Waals surface area contributed by atoms with E-state index in [1.807, 2.05) is 44.2 Å². The topological polar surface area (TPSA) is 203 Å². The average molecular weight is 702 g/mol. The number of nitrogens with one attached hydrogen (secondary N) is 1. The lowest BCUT2D eigenvalue weighted by atomic mass is 10.2. The average Bonchev–Trinajstić information content (AvgIpc) is 3.43. The Kier molecular flexibility index (Phi) is 11.6. The van der Waals surface area contributed by atoms with Crippen molar-refractivity contribution in [2.45, 2.75) is 45.4 Å². The number of nitrogen functional groups attached to an aromatic ring is 2. The van der Waals surface area contributed by atoms with Crippen LogP contribution in [0.2, 0.25) is 0 Å². The molecule has 0 spiro atoms. The van der Waals surface area contributed by atoms with Crippen molar-refractivity contribution in [3.8, 4) is 17.1 Å². The van der Waals surface area contributed by atoms with Gasteiger partial charge in [-0.3, -0.25) is 4.79 Å². The molecule has 1 aliphatic rings. The zero-order chi connectivity index (χ0) is 35.8. The second-order valence-corrected chi connectivity index (χ2v) is 13.5. The predicted molar refractivity (Wildman–Crippen MR) is 193 cm³/mol.